The van der Waals surface area contributed by atoms with Crippen LogP contribution in [0, 0.1) is 0 Å². The van der Waals surface area contributed by atoms with Gasteiger partial charge in [0.15, 0.2) is 6.10 Å². The fourth-order valence-electron chi connectivity index (χ4n) is 2.18. The quantitative estimate of drug-likeness (QED) is 0.808. The van der Waals surface area contributed by atoms with E-state index < -0.39 is 6.10 Å². The highest BCUT2D eigenvalue weighted by Crippen LogP contribution is 2.34. The Kier molecular flexibility index (Phi) is 4.84. The number of ether oxygens (including phenoxy) is 3. The molecule has 0 aliphatic carbocycles. The summed E-state index contributed by atoms with van der Waals surface area (Å²) in [5.74, 6) is 1.01. The van der Waals surface area contributed by atoms with Crippen LogP contribution >= 0.6 is 0 Å². The van der Waals surface area contributed by atoms with Crippen molar-refractivity contribution in [2.24, 2.45) is 5.73 Å². The largest absolute Gasteiger partial charge is 0.491 e. The molecule has 0 radical (unpaired) electrons. The van der Waals surface area contributed by atoms with Gasteiger partial charge in [0.1, 0.15) is 18.1 Å². The smallest absolute Gasteiger partial charge is 0.347 e. The minimum absolute atomic E-state index is 0.0875. The second kappa shape index (κ2) is 6.61. The van der Waals surface area contributed by atoms with Crippen LogP contribution in [-0.4, -0.2) is 25.3 Å². The minimum Gasteiger partial charge on any atom is -0.491 e. The van der Waals surface area contributed by atoms with E-state index in [2.05, 4.69) is 0 Å². The van der Waals surface area contributed by atoms with E-state index in [1.165, 1.54) is 0 Å². The van der Waals surface area contributed by atoms with Gasteiger partial charge < -0.3 is 19.9 Å². The molecule has 2 rings (SSSR count). The maximum absolute atomic E-state index is 11.8. The van der Waals surface area contributed by atoms with Crippen LogP contribution in [0.25, 0.3) is 0 Å². The molecule has 5 nitrogen and oxygen atoms in total. The molecule has 0 amide bonds. The van der Waals surface area contributed by atoms with Crippen molar-refractivity contribution >= 4 is 5.97 Å². The first-order chi connectivity index (χ1) is 9.65. The van der Waals surface area contributed by atoms with Crippen molar-refractivity contribution in [3.8, 4) is 11.5 Å². The highest BCUT2D eigenvalue weighted by molar-refractivity contribution is 5.75. The van der Waals surface area contributed by atoms with Crippen molar-refractivity contribution in [3.05, 3.63) is 23.8 Å². The van der Waals surface area contributed by atoms with Gasteiger partial charge >= 0.3 is 5.97 Å². The monoisotopic (exact) mass is 279 g/mol. The summed E-state index contributed by atoms with van der Waals surface area (Å²) in [5, 5.41) is 0. The van der Waals surface area contributed by atoms with E-state index in [0.717, 1.165) is 17.7 Å². The second-order valence-electron chi connectivity index (χ2n) is 4.76. The Morgan fingerprint density at radius 3 is 3.00 bits per heavy atom. The summed E-state index contributed by atoms with van der Waals surface area (Å²) >= 11 is 0. The Hall–Kier alpha value is -1.75. The molecule has 1 aromatic rings. The zero-order valence-electron chi connectivity index (χ0n) is 11.9. The molecule has 20 heavy (non-hydrogen) atoms. The van der Waals surface area contributed by atoms with Gasteiger partial charge in [-0.1, -0.05) is 13.3 Å². The average molecular weight is 279 g/mol. The third-order valence-electron chi connectivity index (χ3n) is 3.18. The zero-order valence-corrected chi connectivity index (χ0v) is 11.9. The van der Waals surface area contributed by atoms with Gasteiger partial charge in [0.05, 0.1) is 12.6 Å². The number of hydrogen-bond acceptors (Lipinski definition) is 5. The van der Waals surface area contributed by atoms with Crippen LogP contribution < -0.4 is 15.2 Å². The number of carbonyl (C=O) groups is 1. The summed E-state index contributed by atoms with van der Waals surface area (Å²) in [6.07, 6.45) is 0.889. The number of benzene rings is 1. The van der Waals surface area contributed by atoms with Crippen molar-refractivity contribution in [2.45, 2.75) is 38.8 Å². The average Bonchev–Trinajstić information content (AvgIpc) is 2.80. The van der Waals surface area contributed by atoms with E-state index >= 15 is 0 Å². The van der Waals surface area contributed by atoms with Crippen LogP contribution in [0.1, 0.15) is 38.3 Å². The molecule has 2 N–H and O–H groups in total. The maximum atomic E-state index is 11.8. The molecule has 0 bridgehead atoms. The summed E-state index contributed by atoms with van der Waals surface area (Å²) < 4.78 is 16.2. The lowest BCUT2D eigenvalue weighted by atomic mass is 10.1. The second-order valence-corrected chi connectivity index (χ2v) is 4.76. The molecule has 1 aromatic carbocycles. The number of hydrogen-bond donors (Lipinski definition) is 1. The van der Waals surface area contributed by atoms with Crippen LogP contribution in [0.2, 0.25) is 0 Å². The number of nitrogens with two attached hydrogens (primary N) is 1. The maximum Gasteiger partial charge on any atom is 0.347 e. The Labute approximate surface area is 119 Å². The van der Waals surface area contributed by atoms with Crippen molar-refractivity contribution in [3.63, 3.8) is 0 Å². The number of carbonyl (C=O) groups excluding carboxylic acids is 1. The van der Waals surface area contributed by atoms with Gasteiger partial charge in [-0.25, -0.2) is 4.79 Å². The lowest BCUT2D eigenvalue weighted by Crippen LogP contribution is -2.29. The van der Waals surface area contributed by atoms with Gasteiger partial charge in [0.25, 0.3) is 0 Å². The molecule has 1 aliphatic heterocycles. The molecule has 0 saturated heterocycles. The predicted octanol–water partition coefficient (Wildman–Crippen LogP) is 2.19. The summed E-state index contributed by atoms with van der Waals surface area (Å²) in [7, 11) is 0. The number of rotatable bonds is 6. The van der Waals surface area contributed by atoms with Gasteiger partial charge in [-0.2, -0.15) is 0 Å². The molecule has 0 fully saturated rings. The topological polar surface area (TPSA) is 70.8 Å². The molecule has 2 atom stereocenters. The highest BCUT2D eigenvalue weighted by Gasteiger charge is 2.24. The molecule has 0 saturated carbocycles. The van der Waals surface area contributed by atoms with Crippen molar-refractivity contribution < 1.29 is 19.0 Å². The Bertz CT molecular complexity index is 475. The molecular formula is C15H21NO4. The van der Waals surface area contributed by atoms with Gasteiger partial charge in [-0.15, -0.1) is 0 Å². The lowest BCUT2D eigenvalue weighted by molar-refractivity contribution is -0.151. The van der Waals surface area contributed by atoms with Crippen molar-refractivity contribution in [2.75, 3.05) is 13.2 Å². The van der Waals surface area contributed by atoms with E-state index in [0.29, 0.717) is 25.4 Å². The molecule has 0 spiro atoms. The Morgan fingerprint density at radius 2 is 2.30 bits per heavy atom. The summed E-state index contributed by atoms with van der Waals surface area (Å²) in [6, 6.07) is 5.39. The number of fused-ring (bicyclic) bond motifs is 1. The van der Waals surface area contributed by atoms with E-state index in [9.17, 15) is 4.79 Å². The molecule has 1 aliphatic rings. The lowest BCUT2D eigenvalue weighted by Gasteiger charge is -2.17. The molecule has 0 aromatic heterocycles. The summed E-state index contributed by atoms with van der Waals surface area (Å²) in [6.45, 7) is 4.62. The summed E-state index contributed by atoms with van der Waals surface area (Å²) in [4.78, 5) is 11.8. The normalized spacial score (nSPS) is 18.1. The SMILES string of the molecule is CCCC(Oc1ccc2c(c1)OCC2N)C(=O)OCC. The van der Waals surface area contributed by atoms with Crippen LogP contribution in [0.5, 0.6) is 11.5 Å². The predicted molar refractivity (Wildman–Crippen MR) is 74.8 cm³/mol. The van der Waals surface area contributed by atoms with Crippen molar-refractivity contribution in [1.82, 2.24) is 0 Å². The van der Waals surface area contributed by atoms with E-state index in [1.807, 2.05) is 19.1 Å². The first-order valence-corrected chi connectivity index (χ1v) is 7.01. The van der Waals surface area contributed by atoms with Gasteiger partial charge in [-0.3, -0.25) is 0 Å². The first kappa shape index (κ1) is 14.7. The fraction of sp³-hybridized carbons (Fsp3) is 0.533. The van der Waals surface area contributed by atoms with E-state index in [4.69, 9.17) is 19.9 Å². The fourth-order valence-corrected chi connectivity index (χ4v) is 2.18. The van der Waals surface area contributed by atoms with E-state index in [1.54, 1.807) is 13.0 Å². The standard InChI is InChI=1S/C15H21NO4/c1-3-5-13(15(17)18-4-2)20-10-6-7-11-12(16)9-19-14(11)8-10/h6-8,12-13H,3-5,9,16H2,1-2H3. The molecule has 1 heterocycles. The van der Waals surface area contributed by atoms with Gasteiger partial charge in [0, 0.05) is 11.6 Å². The Morgan fingerprint density at radius 1 is 1.50 bits per heavy atom. The van der Waals surface area contributed by atoms with Crippen LogP contribution in [0.4, 0.5) is 0 Å². The van der Waals surface area contributed by atoms with Crippen LogP contribution in [-0.2, 0) is 9.53 Å². The van der Waals surface area contributed by atoms with Crippen molar-refractivity contribution in [1.29, 1.82) is 0 Å². The third-order valence-corrected chi connectivity index (χ3v) is 3.18. The van der Waals surface area contributed by atoms with E-state index in [-0.39, 0.29) is 12.0 Å². The summed E-state index contributed by atoms with van der Waals surface area (Å²) in [5.41, 5.74) is 6.87. The first-order valence-electron chi connectivity index (χ1n) is 7.01. The zero-order chi connectivity index (χ0) is 14.5. The molecule has 110 valence electrons. The number of esters is 1. The third kappa shape index (κ3) is 3.22. The minimum atomic E-state index is -0.576. The van der Waals surface area contributed by atoms with Gasteiger partial charge in [0.2, 0.25) is 0 Å². The molecule has 5 heteroatoms. The highest BCUT2D eigenvalue weighted by atomic mass is 16.6. The van der Waals surface area contributed by atoms with Crippen LogP contribution in [0.3, 0.4) is 0 Å². The van der Waals surface area contributed by atoms with Gasteiger partial charge in [-0.05, 0) is 25.5 Å². The molecular weight excluding hydrogens is 258 g/mol. The molecule has 2 unspecified atom stereocenters. The van der Waals surface area contributed by atoms with Crippen LogP contribution in [0.15, 0.2) is 18.2 Å². The Balaban J connectivity index is 2.09.